The third-order valence-electron chi connectivity index (χ3n) is 5.28. The van der Waals surface area contributed by atoms with Crippen LogP contribution in [0, 0.1) is 27.7 Å². The van der Waals surface area contributed by atoms with Crippen molar-refractivity contribution in [2.45, 2.75) is 33.3 Å². The maximum atomic E-state index is 12.0. The van der Waals surface area contributed by atoms with Gasteiger partial charge in [0.25, 0.3) is 0 Å². The summed E-state index contributed by atoms with van der Waals surface area (Å²) in [6.07, 6.45) is 0. The van der Waals surface area contributed by atoms with Gasteiger partial charge in [-0.3, -0.25) is 0 Å². The number of benzene rings is 3. The zero-order valence-electron chi connectivity index (χ0n) is 16.3. The van der Waals surface area contributed by atoms with Crippen LogP contribution in [-0.2, 0) is 5.60 Å². The Hall–Kier alpha value is -3.18. The minimum absolute atomic E-state index is 0.128. The minimum Gasteiger partial charge on any atom is -0.507 e. The van der Waals surface area contributed by atoms with E-state index in [9.17, 15) is 25.5 Å². The van der Waals surface area contributed by atoms with Gasteiger partial charge >= 0.3 is 0 Å². The van der Waals surface area contributed by atoms with E-state index in [0.717, 1.165) is 5.56 Å². The van der Waals surface area contributed by atoms with Gasteiger partial charge in [-0.1, -0.05) is 42.0 Å². The van der Waals surface area contributed by atoms with E-state index in [-0.39, 0.29) is 33.8 Å². The van der Waals surface area contributed by atoms with E-state index in [0.29, 0.717) is 11.1 Å². The Morgan fingerprint density at radius 2 is 1.21 bits per heavy atom. The Bertz CT molecular complexity index is 1030. The normalized spacial score (nSPS) is 13.3. The molecule has 0 saturated heterocycles. The van der Waals surface area contributed by atoms with E-state index >= 15 is 0 Å². The molecule has 5 N–H and O–H groups in total. The molecule has 0 aromatic heterocycles. The zero-order chi connectivity index (χ0) is 20.8. The van der Waals surface area contributed by atoms with E-state index < -0.39 is 17.1 Å². The van der Waals surface area contributed by atoms with Crippen molar-refractivity contribution in [2.24, 2.45) is 0 Å². The van der Waals surface area contributed by atoms with Gasteiger partial charge in [-0.2, -0.15) is 0 Å². The zero-order valence-corrected chi connectivity index (χ0v) is 16.3. The molecular weight excluding hydrogens is 356 g/mol. The molecule has 0 aliphatic carbocycles. The van der Waals surface area contributed by atoms with Crippen LogP contribution in [0.15, 0.2) is 42.5 Å². The van der Waals surface area contributed by atoms with Crippen LogP contribution >= 0.6 is 0 Å². The number of hydrogen-bond donors (Lipinski definition) is 5. The van der Waals surface area contributed by atoms with Gasteiger partial charge in [0.2, 0.25) is 0 Å². The van der Waals surface area contributed by atoms with Crippen LogP contribution in [0.3, 0.4) is 0 Å². The molecule has 1 unspecified atom stereocenters. The monoisotopic (exact) mass is 380 g/mol. The molecule has 3 aromatic carbocycles. The molecule has 3 rings (SSSR count). The second kappa shape index (κ2) is 6.77. The topological polar surface area (TPSA) is 101 Å². The van der Waals surface area contributed by atoms with Crippen molar-refractivity contribution in [3.05, 3.63) is 81.4 Å². The van der Waals surface area contributed by atoms with Crippen molar-refractivity contribution < 1.29 is 25.5 Å². The van der Waals surface area contributed by atoms with E-state index in [1.165, 1.54) is 13.8 Å². The summed E-state index contributed by atoms with van der Waals surface area (Å²) < 4.78 is 0. The van der Waals surface area contributed by atoms with Gasteiger partial charge in [0.05, 0.1) is 5.56 Å². The average molecular weight is 380 g/mol. The van der Waals surface area contributed by atoms with Gasteiger partial charge in [-0.25, -0.2) is 0 Å². The maximum Gasteiger partial charge on any atom is 0.151 e. The molecule has 0 bridgehead atoms. The highest BCUT2D eigenvalue weighted by Crippen LogP contribution is 2.52. The lowest BCUT2D eigenvalue weighted by molar-refractivity contribution is 0.115. The predicted molar refractivity (Wildman–Crippen MR) is 107 cm³/mol. The number of aryl methyl sites for hydroxylation is 2. The average Bonchev–Trinajstić information content (AvgIpc) is 2.68. The molecule has 0 radical (unpaired) electrons. The molecule has 0 saturated carbocycles. The van der Waals surface area contributed by atoms with Gasteiger partial charge in [-0.15, -0.1) is 0 Å². The Labute approximate surface area is 163 Å². The van der Waals surface area contributed by atoms with Crippen LogP contribution < -0.4 is 0 Å². The predicted octanol–water partition coefficient (Wildman–Crippen LogP) is 4.03. The first kappa shape index (κ1) is 19.6. The van der Waals surface area contributed by atoms with Crippen LogP contribution in [0.25, 0.3) is 0 Å². The molecule has 0 amide bonds. The van der Waals surface area contributed by atoms with Crippen molar-refractivity contribution >= 4 is 0 Å². The summed E-state index contributed by atoms with van der Waals surface area (Å²) >= 11 is 0. The molecule has 5 nitrogen and oxygen atoms in total. The summed E-state index contributed by atoms with van der Waals surface area (Å²) in [5, 5.41) is 54.6. The summed E-state index contributed by atoms with van der Waals surface area (Å²) in [7, 11) is 0. The molecule has 5 heteroatoms. The van der Waals surface area contributed by atoms with E-state index in [1.807, 2.05) is 6.92 Å². The van der Waals surface area contributed by atoms with Crippen molar-refractivity contribution in [3.8, 4) is 23.0 Å². The molecule has 28 heavy (non-hydrogen) atoms. The first-order valence-corrected chi connectivity index (χ1v) is 8.93. The molecule has 0 aliphatic rings. The number of phenols is 4. The van der Waals surface area contributed by atoms with Gasteiger partial charge in [-0.05, 0) is 44.9 Å². The highest BCUT2D eigenvalue weighted by molar-refractivity contribution is 5.68. The third kappa shape index (κ3) is 2.75. The first-order chi connectivity index (χ1) is 13.1. The highest BCUT2D eigenvalue weighted by atomic mass is 16.3. The van der Waals surface area contributed by atoms with E-state index in [1.54, 1.807) is 49.4 Å². The Morgan fingerprint density at radius 3 is 1.75 bits per heavy atom. The van der Waals surface area contributed by atoms with Crippen LogP contribution in [0.2, 0.25) is 0 Å². The number of hydrogen-bond acceptors (Lipinski definition) is 5. The smallest absolute Gasteiger partial charge is 0.151 e. The van der Waals surface area contributed by atoms with E-state index in [4.69, 9.17) is 0 Å². The Morgan fingerprint density at radius 1 is 0.679 bits per heavy atom. The van der Waals surface area contributed by atoms with Crippen LogP contribution in [-0.4, -0.2) is 25.5 Å². The van der Waals surface area contributed by atoms with Crippen LogP contribution in [0.5, 0.6) is 23.0 Å². The number of aromatic hydroxyl groups is 4. The summed E-state index contributed by atoms with van der Waals surface area (Å²) in [5.41, 5.74) is -0.156. The van der Waals surface area contributed by atoms with Gasteiger partial charge in [0.15, 0.2) is 5.60 Å². The maximum absolute atomic E-state index is 12.0. The van der Waals surface area contributed by atoms with Crippen molar-refractivity contribution in [3.63, 3.8) is 0 Å². The summed E-state index contributed by atoms with van der Waals surface area (Å²) in [6.45, 7) is 6.53. The largest absolute Gasteiger partial charge is 0.507 e. The van der Waals surface area contributed by atoms with Crippen LogP contribution in [0.4, 0.5) is 0 Å². The molecule has 1 atom stereocenters. The highest BCUT2D eigenvalue weighted by Gasteiger charge is 2.42. The van der Waals surface area contributed by atoms with Crippen LogP contribution in [0.1, 0.15) is 38.9 Å². The van der Waals surface area contributed by atoms with Crippen molar-refractivity contribution in [1.82, 2.24) is 0 Å². The fraction of sp³-hybridized carbons (Fsp3) is 0.217. The Balaban J connectivity index is 2.53. The first-order valence-electron chi connectivity index (χ1n) is 8.93. The van der Waals surface area contributed by atoms with Gasteiger partial charge in [0, 0.05) is 16.7 Å². The lowest BCUT2D eigenvalue weighted by atomic mass is 9.76. The quantitative estimate of drug-likeness (QED) is 0.442. The Kier molecular flexibility index (Phi) is 4.73. The molecule has 0 fully saturated rings. The van der Waals surface area contributed by atoms with Gasteiger partial charge in [0.1, 0.15) is 23.0 Å². The third-order valence-corrected chi connectivity index (χ3v) is 5.28. The number of phenolic OH excluding ortho intramolecular Hbond substituents is 4. The van der Waals surface area contributed by atoms with Gasteiger partial charge < -0.3 is 25.5 Å². The SMILES string of the molecule is Cc1cc(C)c(O)c(C(O)(c2ccccc2)c2c(O)c(C)c(O)c(C)c2O)c1. The second-order valence-electron chi connectivity index (χ2n) is 7.23. The summed E-state index contributed by atoms with van der Waals surface area (Å²) in [6, 6.07) is 11.9. The summed E-state index contributed by atoms with van der Waals surface area (Å²) in [4.78, 5) is 0. The molecule has 0 spiro atoms. The molecule has 146 valence electrons. The lowest BCUT2D eigenvalue weighted by Gasteiger charge is -2.33. The molecular formula is C23H24O5. The lowest BCUT2D eigenvalue weighted by Crippen LogP contribution is -2.30. The molecule has 3 aromatic rings. The number of rotatable bonds is 3. The minimum atomic E-state index is -2.06. The van der Waals surface area contributed by atoms with Crippen molar-refractivity contribution in [2.75, 3.05) is 0 Å². The fourth-order valence-electron chi connectivity index (χ4n) is 3.69. The second-order valence-corrected chi connectivity index (χ2v) is 7.23. The fourth-order valence-corrected chi connectivity index (χ4v) is 3.69. The van der Waals surface area contributed by atoms with Crippen molar-refractivity contribution in [1.29, 1.82) is 0 Å². The molecule has 0 aliphatic heterocycles. The van der Waals surface area contributed by atoms with E-state index in [2.05, 4.69) is 0 Å². The number of aliphatic hydroxyl groups is 1. The standard InChI is InChI=1S/C23H24O5/c1-12-10-13(2)19(24)17(11-12)23(28,16-8-6-5-7-9-16)18-21(26)14(3)20(25)15(4)22(18)27/h5-11,24-28H,1-4H3. The summed E-state index contributed by atoms with van der Waals surface area (Å²) in [5.74, 6) is -1.27. The molecule has 0 heterocycles.